The van der Waals surface area contributed by atoms with Crippen LogP contribution in [0, 0.1) is 5.92 Å². The van der Waals surface area contributed by atoms with Gasteiger partial charge in [-0.1, -0.05) is 32.1 Å². The van der Waals surface area contributed by atoms with Gasteiger partial charge in [0.1, 0.15) is 0 Å². The molecule has 3 nitrogen and oxygen atoms in total. The minimum Gasteiger partial charge on any atom is -0.342 e. The van der Waals surface area contributed by atoms with E-state index in [0.717, 1.165) is 25.6 Å². The molecule has 0 unspecified atom stereocenters. The topological polar surface area (TPSA) is 32.3 Å². The number of hydrogen-bond donors (Lipinski definition) is 1. The first kappa shape index (κ1) is 14.5. The molecule has 0 radical (unpaired) electrons. The van der Waals surface area contributed by atoms with Gasteiger partial charge in [-0.25, -0.2) is 0 Å². The first-order chi connectivity index (χ1) is 8.27. The molecule has 0 aromatic rings. The van der Waals surface area contributed by atoms with Crippen molar-refractivity contribution >= 4 is 5.91 Å². The first-order valence-corrected chi connectivity index (χ1v) is 7.26. The highest BCUT2D eigenvalue weighted by Crippen LogP contribution is 2.25. The van der Waals surface area contributed by atoms with E-state index in [4.69, 9.17) is 0 Å². The fourth-order valence-electron chi connectivity index (χ4n) is 2.67. The van der Waals surface area contributed by atoms with E-state index in [2.05, 4.69) is 5.32 Å². The van der Waals surface area contributed by atoms with E-state index < -0.39 is 0 Å². The summed E-state index contributed by atoms with van der Waals surface area (Å²) in [7, 11) is 0. The lowest BCUT2D eigenvalue weighted by Crippen LogP contribution is -2.38. The second-order valence-electron chi connectivity index (χ2n) is 5.04. The van der Waals surface area contributed by atoms with Crippen LogP contribution in [0.25, 0.3) is 0 Å². The number of likely N-dealkylation sites (N-methyl/N-ethyl adjacent to an activating group) is 1. The van der Waals surface area contributed by atoms with Gasteiger partial charge >= 0.3 is 0 Å². The zero-order chi connectivity index (χ0) is 12.5. The first-order valence-electron chi connectivity index (χ1n) is 7.26. The van der Waals surface area contributed by atoms with E-state index in [1.807, 2.05) is 18.7 Å². The van der Waals surface area contributed by atoms with Crippen LogP contribution >= 0.6 is 0 Å². The quantitative estimate of drug-likeness (QED) is 0.693. The van der Waals surface area contributed by atoms with Crippen molar-refractivity contribution < 1.29 is 4.79 Å². The molecular weight excluding hydrogens is 212 g/mol. The Morgan fingerprint density at radius 1 is 1.18 bits per heavy atom. The third-order valence-electron chi connectivity index (χ3n) is 3.85. The minimum absolute atomic E-state index is 0.235. The Bertz CT molecular complexity index is 208. The summed E-state index contributed by atoms with van der Waals surface area (Å²) in [5, 5.41) is 3.29. The van der Waals surface area contributed by atoms with Crippen LogP contribution in [0.2, 0.25) is 0 Å². The maximum absolute atomic E-state index is 11.7. The van der Waals surface area contributed by atoms with Crippen LogP contribution in [0.3, 0.4) is 0 Å². The van der Waals surface area contributed by atoms with E-state index in [1.54, 1.807) is 0 Å². The number of carbonyl (C=O) groups excluding carboxylic acids is 1. The highest BCUT2D eigenvalue weighted by molar-refractivity contribution is 5.78. The SMILES string of the molecule is CCN(CC)C(=O)CNCCC1CCCCC1. The zero-order valence-corrected chi connectivity index (χ0v) is 11.5. The van der Waals surface area contributed by atoms with Crippen molar-refractivity contribution in [2.45, 2.75) is 52.4 Å². The molecule has 0 atom stereocenters. The van der Waals surface area contributed by atoms with Crippen molar-refractivity contribution in [3.63, 3.8) is 0 Å². The Balaban J connectivity index is 2.04. The van der Waals surface area contributed by atoms with Crippen LogP contribution in [0.1, 0.15) is 52.4 Å². The maximum Gasteiger partial charge on any atom is 0.236 e. The number of rotatable bonds is 7. The largest absolute Gasteiger partial charge is 0.342 e. The molecule has 1 rings (SSSR count). The van der Waals surface area contributed by atoms with Crippen LogP contribution in [-0.2, 0) is 4.79 Å². The van der Waals surface area contributed by atoms with Crippen LogP contribution in [-0.4, -0.2) is 37.0 Å². The molecule has 1 aliphatic carbocycles. The molecular formula is C14H28N2O. The second kappa shape index (κ2) is 8.51. The molecule has 3 heteroatoms. The van der Waals surface area contributed by atoms with Gasteiger partial charge in [-0.2, -0.15) is 0 Å². The van der Waals surface area contributed by atoms with E-state index in [9.17, 15) is 4.79 Å². The molecule has 0 aliphatic heterocycles. The molecule has 17 heavy (non-hydrogen) atoms. The van der Waals surface area contributed by atoms with E-state index in [-0.39, 0.29) is 5.91 Å². The lowest BCUT2D eigenvalue weighted by Gasteiger charge is -2.22. The van der Waals surface area contributed by atoms with Gasteiger partial charge in [0, 0.05) is 13.1 Å². The van der Waals surface area contributed by atoms with Crippen molar-refractivity contribution in [3.05, 3.63) is 0 Å². The zero-order valence-electron chi connectivity index (χ0n) is 11.5. The minimum atomic E-state index is 0.235. The van der Waals surface area contributed by atoms with Gasteiger partial charge in [-0.05, 0) is 32.7 Å². The van der Waals surface area contributed by atoms with Gasteiger partial charge in [0.15, 0.2) is 0 Å². The Morgan fingerprint density at radius 3 is 2.41 bits per heavy atom. The molecule has 0 heterocycles. The summed E-state index contributed by atoms with van der Waals surface area (Å²) in [6, 6.07) is 0. The summed E-state index contributed by atoms with van der Waals surface area (Å²) in [4.78, 5) is 13.6. The van der Waals surface area contributed by atoms with Gasteiger partial charge in [-0.3, -0.25) is 4.79 Å². The molecule has 1 aliphatic rings. The molecule has 100 valence electrons. The number of carbonyl (C=O) groups is 1. The average Bonchev–Trinajstić information content (AvgIpc) is 2.37. The molecule has 0 bridgehead atoms. The lowest BCUT2D eigenvalue weighted by atomic mass is 9.87. The van der Waals surface area contributed by atoms with Crippen molar-refractivity contribution in [3.8, 4) is 0 Å². The Hall–Kier alpha value is -0.570. The maximum atomic E-state index is 11.7. The fourth-order valence-corrected chi connectivity index (χ4v) is 2.67. The number of amides is 1. The van der Waals surface area contributed by atoms with Gasteiger partial charge in [0.2, 0.25) is 5.91 Å². The molecule has 0 saturated heterocycles. The van der Waals surface area contributed by atoms with Crippen molar-refractivity contribution in [1.29, 1.82) is 0 Å². The Kier molecular flexibility index (Phi) is 7.25. The molecule has 1 amide bonds. The summed E-state index contributed by atoms with van der Waals surface area (Å²) in [5.74, 6) is 1.14. The van der Waals surface area contributed by atoms with E-state index in [0.29, 0.717) is 6.54 Å². The van der Waals surface area contributed by atoms with E-state index in [1.165, 1.54) is 38.5 Å². The highest BCUT2D eigenvalue weighted by atomic mass is 16.2. The summed E-state index contributed by atoms with van der Waals surface area (Å²) in [6.07, 6.45) is 8.26. The van der Waals surface area contributed by atoms with Crippen LogP contribution in [0.4, 0.5) is 0 Å². The van der Waals surface area contributed by atoms with Gasteiger partial charge in [0.25, 0.3) is 0 Å². The lowest BCUT2D eigenvalue weighted by molar-refractivity contribution is -0.129. The Labute approximate surface area is 106 Å². The standard InChI is InChI=1S/C14H28N2O/c1-3-16(4-2)14(17)12-15-11-10-13-8-6-5-7-9-13/h13,15H,3-12H2,1-2H3. The predicted octanol–water partition coefficient (Wildman–Crippen LogP) is 2.41. The third kappa shape index (κ3) is 5.53. The third-order valence-corrected chi connectivity index (χ3v) is 3.85. The van der Waals surface area contributed by atoms with E-state index >= 15 is 0 Å². The smallest absolute Gasteiger partial charge is 0.236 e. The average molecular weight is 240 g/mol. The molecule has 0 spiro atoms. The summed E-state index contributed by atoms with van der Waals surface area (Å²) >= 11 is 0. The van der Waals surface area contributed by atoms with Crippen molar-refractivity contribution in [2.24, 2.45) is 5.92 Å². The molecule has 1 fully saturated rings. The molecule has 0 aromatic heterocycles. The van der Waals surface area contributed by atoms with Crippen LogP contribution in [0.5, 0.6) is 0 Å². The highest BCUT2D eigenvalue weighted by Gasteiger charge is 2.13. The molecule has 1 N–H and O–H groups in total. The number of nitrogens with zero attached hydrogens (tertiary/aromatic N) is 1. The van der Waals surface area contributed by atoms with Crippen molar-refractivity contribution in [2.75, 3.05) is 26.2 Å². The van der Waals surface area contributed by atoms with Crippen LogP contribution in [0.15, 0.2) is 0 Å². The van der Waals surface area contributed by atoms with Gasteiger partial charge in [-0.15, -0.1) is 0 Å². The number of nitrogens with one attached hydrogen (secondary N) is 1. The predicted molar refractivity (Wildman–Crippen MR) is 72.0 cm³/mol. The van der Waals surface area contributed by atoms with Gasteiger partial charge < -0.3 is 10.2 Å². The fraction of sp³-hybridized carbons (Fsp3) is 0.929. The Morgan fingerprint density at radius 2 is 1.82 bits per heavy atom. The molecule has 1 saturated carbocycles. The molecule has 0 aromatic carbocycles. The van der Waals surface area contributed by atoms with Crippen LogP contribution < -0.4 is 5.32 Å². The normalized spacial score (nSPS) is 17.1. The summed E-state index contributed by atoms with van der Waals surface area (Å²) < 4.78 is 0. The second-order valence-corrected chi connectivity index (χ2v) is 5.04. The van der Waals surface area contributed by atoms with Gasteiger partial charge in [0.05, 0.1) is 6.54 Å². The monoisotopic (exact) mass is 240 g/mol. The van der Waals surface area contributed by atoms with Crippen molar-refractivity contribution in [1.82, 2.24) is 10.2 Å². The summed E-state index contributed by atoms with van der Waals surface area (Å²) in [5.41, 5.74) is 0. The number of hydrogen-bond acceptors (Lipinski definition) is 2. The summed E-state index contributed by atoms with van der Waals surface area (Å²) in [6.45, 7) is 7.21.